The number of carbonyl (C=O) groups is 3. The number of nitrogens with one attached hydrogen (secondary N) is 2. The first-order chi connectivity index (χ1) is 16.4. The standard InChI is InChI=1S/C24H22ClN5O3S/c25-19-12-18(9-6-16(19)14-26)28-22(32)15-4-7-17(8-5-15)27-21(31)13-20-23(33)29-24(34-20)30-10-2-1-3-11-30/h4-9,12,20H,1-3,10-11,13H2,(H,27,31)(H,28,32). The van der Waals surface area contributed by atoms with Crippen molar-refractivity contribution in [1.82, 2.24) is 4.90 Å². The number of carbonyl (C=O) groups excluding carboxylic acids is 3. The maximum Gasteiger partial charge on any atom is 0.262 e. The zero-order valence-electron chi connectivity index (χ0n) is 18.2. The summed E-state index contributed by atoms with van der Waals surface area (Å²) in [6, 6.07) is 13.0. The maximum atomic E-state index is 12.5. The lowest BCUT2D eigenvalue weighted by molar-refractivity contribution is -0.121. The van der Waals surface area contributed by atoms with Crippen molar-refractivity contribution in [3.05, 3.63) is 58.6 Å². The molecule has 4 rings (SSSR count). The third-order valence-electron chi connectivity index (χ3n) is 5.50. The maximum absolute atomic E-state index is 12.5. The van der Waals surface area contributed by atoms with Gasteiger partial charge in [0.2, 0.25) is 5.91 Å². The molecule has 2 aliphatic rings. The SMILES string of the molecule is N#Cc1ccc(NC(=O)c2ccc(NC(=O)CC3SC(N4CCCCC4)=NC3=O)cc2)cc1Cl. The molecule has 0 spiro atoms. The summed E-state index contributed by atoms with van der Waals surface area (Å²) in [6.07, 6.45) is 3.41. The number of nitriles is 1. The third kappa shape index (κ3) is 5.76. The first kappa shape index (κ1) is 23.8. The molecule has 2 heterocycles. The number of amides is 3. The lowest BCUT2D eigenvalue weighted by atomic mass is 10.1. The second kappa shape index (κ2) is 10.7. The van der Waals surface area contributed by atoms with Crippen molar-refractivity contribution in [1.29, 1.82) is 5.26 Å². The van der Waals surface area contributed by atoms with Gasteiger partial charge in [0.1, 0.15) is 11.3 Å². The van der Waals surface area contributed by atoms with Gasteiger partial charge in [-0.15, -0.1) is 0 Å². The van der Waals surface area contributed by atoms with Crippen LogP contribution in [0.3, 0.4) is 0 Å². The van der Waals surface area contributed by atoms with E-state index in [1.54, 1.807) is 30.3 Å². The summed E-state index contributed by atoms with van der Waals surface area (Å²) in [5, 5.41) is 14.9. The number of anilines is 2. The number of amidine groups is 1. The van der Waals surface area contributed by atoms with Gasteiger partial charge in [-0.25, -0.2) is 0 Å². The molecule has 2 N–H and O–H groups in total. The molecule has 0 saturated carbocycles. The molecule has 8 nitrogen and oxygen atoms in total. The smallest absolute Gasteiger partial charge is 0.262 e. The molecule has 1 saturated heterocycles. The normalized spacial score (nSPS) is 17.6. The quantitative estimate of drug-likeness (QED) is 0.640. The Morgan fingerprint density at radius 3 is 2.47 bits per heavy atom. The molecule has 0 aliphatic carbocycles. The van der Waals surface area contributed by atoms with Crippen LogP contribution in [0.2, 0.25) is 5.02 Å². The number of halogens is 1. The minimum atomic E-state index is -0.513. The van der Waals surface area contributed by atoms with Gasteiger partial charge in [-0.05, 0) is 61.7 Å². The van der Waals surface area contributed by atoms with Gasteiger partial charge in [0.05, 0.1) is 10.6 Å². The molecule has 2 aliphatic heterocycles. The van der Waals surface area contributed by atoms with Crippen LogP contribution in [0, 0.1) is 11.3 Å². The van der Waals surface area contributed by atoms with Crippen LogP contribution in [0.4, 0.5) is 11.4 Å². The molecule has 2 aromatic rings. The van der Waals surface area contributed by atoms with Crippen LogP contribution in [0.25, 0.3) is 0 Å². The molecule has 1 atom stereocenters. The summed E-state index contributed by atoms with van der Waals surface area (Å²) in [6.45, 7) is 1.80. The van der Waals surface area contributed by atoms with Gasteiger partial charge in [-0.1, -0.05) is 23.4 Å². The zero-order valence-corrected chi connectivity index (χ0v) is 19.8. The summed E-state index contributed by atoms with van der Waals surface area (Å²) in [7, 11) is 0. The van der Waals surface area contributed by atoms with Crippen molar-refractivity contribution in [2.75, 3.05) is 23.7 Å². The number of piperidine rings is 1. The molecule has 0 aromatic heterocycles. The molecule has 0 bridgehead atoms. The number of hydrogen-bond donors (Lipinski definition) is 2. The Hall–Kier alpha value is -3.35. The third-order valence-corrected chi connectivity index (χ3v) is 7.03. The number of hydrogen-bond acceptors (Lipinski definition) is 6. The van der Waals surface area contributed by atoms with Crippen molar-refractivity contribution >= 4 is 57.6 Å². The Morgan fingerprint density at radius 1 is 1.09 bits per heavy atom. The second-order valence-corrected chi connectivity index (χ2v) is 9.55. The summed E-state index contributed by atoms with van der Waals surface area (Å²) in [4.78, 5) is 43.5. The van der Waals surface area contributed by atoms with E-state index >= 15 is 0 Å². The van der Waals surface area contributed by atoms with Crippen LogP contribution in [-0.4, -0.2) is 46.1 Å². The molecule has 0 radical (unpaired) electrons. The van der Waals surface area contributed by atoms with Crippen LogP contribution in [0.1, 0.15) is 41.6 Å². The highest BCUT2D eigenvalue weighted by Gasteiger charge is 2.33. The average molecular weight is 496 g/mol. The fraction of sp³-hybridized carbons (Fsp3) is 0.292. The number of likely N-dealkylation sites (tertiary alicyclic amines) is 1. The minimum Gasteiger partial charge on any atom is -0.351 e. The van der Waals surface area contributed by atoms with E-state index in [2.05, 4.69) is 20.5 Å². The average Bonchev–Trinajstić information content (AvgIpc) is 3.20. The van der Waals surface area contributed by atoms with E-state index in [0.29, 0.717) is 22.5 Å². The Bertz CT molecular complexity index is 1190. The van der Waals surface area contributed by atoms with Crippen molar-refractivity contribution in [2.45, 2.75) is 30.9 Å². The van der Waals surface area contributed by atoms with E-state index in [-0.39, 0.29) is 29.2 Å². The Balaban J connectivity index is 1.29. The van der Waals surface area contributed by atoms with E-state index < -0.39 is 5.25 Å². The summed E-state index contributed by atoms with van der Waals surface area (Å²) in [5.74, 6) is -0.907. The summed E-state index contributed by atoms with van der Waals surface area (Å²) < 4.78 is 0. The van der Waals surface area contributed by atoms with Crippen molar-refractivity contribution in [3.8, 4) is 6.07 Å². The molecule has 174 valence electrons. The lowest BCUT2D eigenvalue weighted by Gasteiger charge is -2.27. The van der Waals surface area contributed by atoms with Crippen molar-refractivity contribution in [3.63, 3.8) is 0 Å². The lowest BCUT2D eigenvalue weighted by Crippen LogP contribution is -2.33. The second-order valence-electron chi connectivity index (χ2n) is 7.98. The van der Waals surface area contributed by atoms with E-state index in [0.717, 1.165) is 31.1 Å². The van der Waals surface area contributed by atoms with Crippen LogP contribution < -0.4 is 10.6 Å². The van der Waals surface area contributed by atoms with Crippen LogP contribution in [0.15, 0.2) is 47.5 Å². The Kier molecular flexibility index (Phi) is 7.50. The summed E-state index contributed by atoms with van der Waals surface area (Å²) >= 11 is 7.36. The predicted molar refractivity (Wildman–Crippen MR) is 133 cm³/mol. The number of aliphatic imine (C=N–C) groups is 1. The van der Waals surface area contributed by atoms with Crippen molar-refractivity contribution in [2.24, 2.45) is 4.99 Å². The molecule has 1 fully saturated rings. The molecule has 34 heavy (non-hydrogen) atoms. The number of thioether (sulfide) groups is 1. The first-order valence-corrected chi connectivity index (χ1v) is 12.1. The van der Waals surface area contributed by atoms with Gasteiger partial charge in [-0.2, -0.15) is 10.3 Å². The van der Waals surface area contributed by atoms with Gasteiger partial charge < -0.3 is 15.5 Å². The Labute approximate surface area is 206 Å². The van der Waals surface area contributed by atoms with Gasteiger partial charge in [-0.3, -0.25) is 14.4 Å². The van der Waals surface area contributed by atoms with Crippen LogP contribution >= 0.6 is 23.4 Å². The van der Waals surface area contributed by atoms with E-state index in [9.17, 15) is 14.4 Å². The highest BCUT2D eigenvalue weighted by atomic mass is 35.5. The fourth-order valence-corrected chi connectivity index (χ4v) is 5.04. The molecule has 2 aromatic carbocycles. The van der Waals surface area contributed by atoms with E-state index in [4.69, 9.17) is 16.9 Å². The van der Waals surface area contributed by atoms with E-state index in [1.807, 2.05) is 6.07 Å². The molecule has 10 heteroatoms. The van der Waals surface area contributed by atoms with Crippen molar-refractivity contribution < 1.29 is 14.4 Å². The number of nitrogens with zero attached hydrogens (tertiary/aromatic N) is 3. The van der Waals surface area contributed by atoms with E-state index in [1.165, 1.54) is 30.3 Å². The first-order valence-electron chi connectivity index (χ1n) is 10.9. The van der Waals surface area contributed by atoms with Gasteiger partial charge >= 0.3 is 0 Å². The predicted octanol–water partition coefficient (Wildman–Crippen LogP) is 4.28. The largest absolute Gasteiger partial charge is 0.351 e. The molecular formula is C24H22ClN5O3S. The zero-order chi connectivity index (χ0) is 24.1. The highest BCUT2D eigenvalue weighted by Crippen LogP contribution is 2.29. The minimum absolute atomic E-state index is 0.0338. The Morgan fingerprint density at radius 2 is 1.79 bits per heavy atom. The molecule has 3 amide bonds. The molecule has 1 unspecified atom stereocenters. The van der Waals surface area contributed by atoms with Gasteiger partial charge in [0, 0.05) is 36.4 Å². The van der Waals surface area contributed by atoms with Crippen LogP contribution in [-0.2, 0) is 9.59 Å². The summed E-state index contributed by atoms with van der Waals surface area (Å²) in [5.41, 5.74) is 1.71. The topological polar surface area (TPSA) is 115 Å². The molecular weight excluding hydrogens is 474 g/mol. The number of benzene rings is 2. The van der Waals surface area contributed by atoms with Gasteiger partial charge in [0.25, 0.3) is 11.8 Å². The fourth-order valence-electron chi connectivity index (χ4n) is 3.70. The monoisotopic (exact) mass is 495 g/mol. The number of rotatable bonds is 5. The van der Waals surface area contributed by atoms with Gasteiger partial charge in [0.15, 0.2) is 5.17 Å². The highest BCUT2D eigenvalue weighted by molar-refractivity contribution is 8.15. The van der Waals surface area contributed by atoms with Crippen LogP contribution in [0.5, 0.6) is 0 Å².